The van der Waals surface area contributed by atoms with Crippen molar-refractivity contribution >= 4 is 57.0 Å². The molecule has 0 aliphatic rings. The van der Waals surface area contributed by atoms with Crippen LogP contribution in [-0.4, -0.2) is 21.2 Å². The summed E-state index contributed by atoms with van der Waals surface area (Å²) in [7, 11) is 0. The summed E-state index contributed by atoms with van der Waals surface area (Å²) in [5, 5.41) is 4.60. The summed E-state index contributed by atoms with van der Waals surface area (Å²) in [6.07, 6.45) is 0. The van der Waals surface area contributed by atoms with Crippen molar-refractivity contribution in [1.29, 1.82) is 0 Å². The molecule has 148 valence electrons. The van der Waals surface area contributed by atoms with Gasteiger partial charge < -0.3 is 9.73 Å². The molecule has 29 heavy (non-hydrogen) atoms. The first-order valence-corrected chi connectivity index (χ1v) is 10.4. The minimum atomic E-state index is -0.251. The topological polar surface area (TPSA) is 77.1 Å². The number of fused-ring (bicyclic) bond motifs is 3. The number of nitrogens with one attached hydrogen (secondary N) is 1. The standard InChI is InChI=1S/C21H18ClN3O3S/c1-12(2)25-20(27)19-18(15-8-3-4-9-16(15)28-19)24-21(25)29-11-17(26)23-14-7-5-6-13(22)10-14/h3-10,12H,11H2,1-2H3,(H,23,26). The Morgan fingerprint density at radius 2 is 2.03 bits per heavy atom. The highest BCUT2D eigenvalue weighted by atomic mass is 35.5. The van der Waals surface area contributed by atoms with Gasteiger partial charge in [-0.2, -0.15) is 0 Å². The molecular formula is C21H18ClN3O3S. The number of halogens is 1. The van der Waals surface area contributed by atoms with E-state index < -0.39 is 0 Å². The number of thioether (sulfide) groups is 1. The number of amides is 1. The number of hydrogen-bond acceptors (Lipinski definition) is 5. The Kier molecular flexibility index (Phi) is 5.34. The van der Waals surface area contributed by atoms with Crippen molar-refractivity contribution in [3.8, 4) is 0 Å². The van der Waals surface area contributed by atoms with E-state index in [1.165, 1.54) is 11.8 Å². The molecule has 0 saturated carbocycles. The summed E-state index contributed by atoms with van der Waals surface area (Å²) in [4.78, 5) is 30.1. The number of furan rings is 1. The van der Waals surface area contributed by atoms with Crippen molar-refractivity contribution in [2.45, 2.75) is 25.0 Å². The lowest BCUT2D eigenvalue weighted by atomic mass is 10.2. The van der Waals surface area contributed by atoms with Gasteiger partial charge in [-0.1, -0.05) is 41.6 Å². The zero-order chi connectivity index (χ0) is 20.5. The molecule has 1 N–H and O–H groups in total. The first-order valence-electron chi connectivity index (χ1n) is 9.06. The maximum absolute atomic E-state index is 13.0. The second-order valence-electron chi connectivity index (χ2n) is 6.79. The molecule has 2 aromatic heterocycles. The molecule has 0 bridgehead atoms. The van der Waals surface area contributed by atoms with Gasteiger partial charge in [0, 0.05) is 22.1 Å². The molecule has 0 aliphatic heterocycles. The summed E-state index contributed by atoms with van der Waals surface area (Å²) >= 11 is 7.17. The van der Waals surface area contributed by atoms with Crippen LogP contribution in [0, 0.1) is 0 Å². The highest BCUT2D eigenvalue weighted by Crippen LogP contribution is 2.28. The number of para-hydroxylation sites is 1. The van der Waals surface area contributed by atoms with Crippen molar-refractivity contribution in [1.82, 2.24) is 9.55 Å². The van der Waals surface area contributed by atoms with E-state index >= 15 is 0 Å². The zero-order valence-corrected chi connectivity index (χ0v) is 17.4. The zero-order valence-electron chi connectivity index (χ0n) is 15.8. The van der Waals surface area contributed by atoms with Crippen molar-refractivity contribution in [2.24, 2.45) is 0 Å². The Morgan fingerprint density at radius 3 is 2.79 bits per heavy atom. The predicted octanol–water partition coefficient (Wildman–Crippen LogP) is 5.11. The van der Waals surface area contributed by atoms with Crippen LogP contribution in [0.1, 0.15) is 19.9 Å². The Hall–Kier alpha value is -2.77. The largest absolute Gasteiger partial charge is 0.448 e. The molecule has 0 unspecified atom stereocenters. The van der Waals surface area contributed by atoms with Crippen LogP contribution in [-0.2, 0) is 4.79 Å². The second kappa shape index (κ2) is 7.93. The third-order valence-corrected chi connectivity index (χ3v) is 5.54. The van der Waals surface area contributed by atoms with Crippen LogP contribution in [0.25, 0.3) is 22.1 Å². The molecule has 1 amide bonds. The predicted molar refractivity (Wildman–Crippen MR) is 117 cm³/mol. The fourth-order valence-corrected chi connectivity index (χ4v) is 4.20. The Labute approximate surface area is 175 Å². The first kappa shape index (κ1) is 19.5. The van der Waals surface area contributed by atoms with Gasteiger partial charge >= 0.3 is 0 Å². The van der Waals surface area contributed by atoms with Crippen molar-refractivity contribution in [2.75, 3.05) is 11.1 Å². The summed E-state index contributed by atoms with van der Waals surface area (Å²) in [6.45, 7) is 3.79. The smallest absolute Gasteiger partial charge is 0.298 e. The van der Waals surface area contributed by atoms with Crippen LogP contribution in [0.2, 0.25) is 5.02 Å². The van der Waals surface area contributed by atoms with Crippen molar-refractivity contribution in [3.05, 3.63) is 63.9 Å². The Morgan fingerprint density at radius 1 is 1.24 bits per heavy atom. The molecule has 0 spiro atoms. The molecule has 0 fully saturated rings. The molecule has 2 aromatic carbocycles. The highest BCUT2D eigenvalue weighted by Gasteiger charge is 2.20. The lowest BCUT2D eigenvalue weighted by Crippen LogP contribution is -2.25. The second-order valence-corrected chi connectivity index (χ2v) is 8.17. The van der Waals surface area contributed by atoms with E-state index in [0.29, 0.717) is 27.0 Å². The number of rotatable bonds is 5. The van der Waals surface area contributed by atoms with Crippen LogP contribution in [0.15, 0.2) is 62.9 Å². The minimum absolute atomic E-state index is 0.104. The molecular weight excluding hydrogens is 410 g/mol. The molecule has 2 heterocycles. The monoisotopic (exact) mass is 427 g/mol. The van der Waals surface area contributed by atoms with Gasteiger partial charge in [0.25, 0.3) is 5.56 Å². The summed E-state index contributed by atoms with van der Waals surface area (Å²) < 4.78 is 7.31. The maximum Gasteiger partial charge on any atom is 0.298 e. The number of carbonyl (C=O) groups excluding carboxylic acids is 1. The van der Waals surface area contributed by atoms with Crippen molar-refractivity contribution < 1.29 is 9.21 Å². The van der Waals surface area contributed by atoms with E-state index in [0.717, 1.165) is 5.39 Å². The average molecular weight is 428 g/mol. The summed E-state index contributed by atoms with van der Waals surface area (Å²) in [5.74, 6) is -0.105. The van der Waals surface area contributed by atoms with Gasteiger partial charge in [0.05, 0.1) is 5.75 Å². The molecule has 0 aliphatic carbocycles. The van der Waals surface area contributed by atoms with Crippen molar-refractivity contribution in [3.63, 3.8) is 0 Å². The van der Waals surface area contributed by atoms with Crippen LogP contribution in [0.4, 0.5) is 5.69 Å². The van der Waals surface area contributed by atoms with E-state index in [1.807, 2.05) is 32.0 Å². The number of nitrogens with zero attached hydrogens (tertiary/aromatic N) is 2. The first-order chi connectivity index (χ1) is 13.9. The normalized spacial score (nSPS) is 11.4. The van der Waals surface area contributed by atoms with E-state index in [2.05, 4.69) is 10.3 Å². The average Bonchev–Trinajstić information content (AvgIpc) is 3.05. The van der Waals surface area contributed by atoms with Gasteiger partial charge in [-0.3, -0.25) is 14.2 Å². The molecule has 0 saturated heterocycles. The van der Waals surface area contributed by atoms with Gasteiger partial charge in [0.1, 0.15) is 11.1 Å². The third kappa shape index (κ3) is 3.88. The number of carbonyl (C=O) groups is 1. The number of hydrogen-bond donors (Lipinski definition) is 1. The van der Waals surface area contributed by atoms with E-state index in [-0.39, 0.29) is 28.8 Å². The lowest BCUT2D eigenvalue weighted by Gasteiger charge is -2.14. The Bertz CT molecular complexity index is 1280. The fraction of sp³-hybridized carbons (Fsp3) is 0.190. The molecule has 6 nitrogen and oxygen atoms in total. The van der Waals surface area contributed by atoms with E-state index in [1.54, 1.807) is 34.9 Å². The molecule has 4 rings (SSSR count). The van der Waals surface area contributed by atoms with Gasteiger partial charge in [0.2, 0.25) is 11.5 Å². The van der Waals surface area contributed by atoms with Gasteiger partial charge in [-0.15, -0.1) is 0 Å². The summed E-state index contributed by atoms with van der Waals surface area (Å²) in [6, 6.07) is 14.2. The number of benzene rings is 2. The highest BCUT2D eigenvalue weighted by molar-refractivity contribution is 7.99. The SMILES string of the molecule is CC(C)n1c(SCC(=O)Nc2cccc(Cl)c2)nc2c(oc3ccccc32)c1=O. The lowest BCUT2D eigenvalue weighted by molar-refractivity contribution is -0.113. The molecule has 8 heteroatoms. The molecule has 0 atom stereocenters. The quantitative estimate of drug-likeness (QED) is 0.354. The van der Waals surface area contributed by atoms with Crippen LogP contribution < -0.4 is 10.9 Å². The molecule has 0 radical (unpaired) electrons. The minimum Gasteiger partial charge on any atom is -0.448 e. The number of anilines is 1. The third-order valence-electron chi connectivity index (χ3n) is 4.35. The van der Waals surface area contributed by atoms with Gasteiger partial charge in [0.15, 0.2) is 5.16 Å². The van der Waals surface area contributed by atoms with Crippen LogP contribution in [0.5, 0.6) is 0 Å². The van der Waals surface area contributed by atoms with Crippen LogP contribution >= 0.6 is 23.4 Å². The molecule has 4 aromatic rings. The van der Waals surface area contributed by atoms with E-state index in [9.17, 15) is 9.59 Å². The number of aromatic nitrogens is 2. The van der Waals surface area contributed by atoms with Gasteiger partial charge in [-0.05, 0) is 44.2 Å². The van der Waals surface area contributed by atoms with Crippen LogP contribution in [0.3, 0.4) is 0 Å². The maximum atomic E-state index is 13.0. The fourth-order valence-electron chi connectivity index (χ4n) is 3.08. The Balaban J connectivity index is 1.67. The van der Waals surface area contributed by atoms with Gasteiger partial charge in [-0.25, -0.2) is 4.98 Å². The summed E-state index contributed by atoms with van der Waals surface area (Å²) in [5.41, 5.74) is 1.73. The van der Waals surface area contributed by atoms with E-state index in [4.69, 9.17) is 16.0 Å².